The van der Waals surface area contributed by atoms with Crippen LogP contribution in [0.5, 0.6) is 11.5 Å². The molecule has 1 N–H and O–H groups in total. The highest BCUT2D eigenvalue weighted by Gasteiger charge is 2.24. The molecule has 1 aromatic rings. The van der Waals surface area contributed by atoms with Crippen LogP contribution in [-0.2, 0) is 0 Å². The van der Waals surface area contributed by atoms with Crippen molar-refractivity contribution < 1.29 is 9.47 Å². The molecule has 1 unspecified atom stereocenters. The predicted octanol–water partition coefficient (Wildman–Crippen LogP) is 2.44. The molecule has 1 aliphatic rings. The molecular weight excluding hydrogens is 202 g/mol. The number of aryl methyl sites for hydroxylation is 1. The molecule has 1 heterocycles. The maximum absolute atomic E-state index is 5.71. The van der Waals surface area contributed by atoms with E-state index < -0.39 is 0 Å². The van der Waals surface area contributed by atoms with Crippen molar-refractivity contribution in [2.45, 2.75) is 26.3 Å². The highest BCUT2D eigenvalue weighted by molar-refractivity contribution is 5.51. The van der Waals surface area contributed by atoms with Gasteiger partial charge >= 0.3 is 0 Å². The Kier molecular flexibility index (Phi) is 3.34. The van der Waals surface area contributed by atoms with Crippen molar-refractivity contribution in [2.75, 3.05) is 20.3 Å². The Balaban J connectivity index is 2.42. The van der Waals surface area contributed by atoms with Crippen molar-refractivity contribution in [3.05, 3.63) is 23.3 Å². The molecule has 1 atom stereocenters. The molecule has 3 nitrogen and oxygen atoms in total. The molecule has 2 rings (SSSR count). The molecule has 0 spiro atoms. The van der Waals surface area contributed by atoms with Crippen LogP contribution in [0.25, 0.3) is 0 Å². The number of methoxy groups -OCH3 is 1. The molecule has 1 aromatic carbocycles. The van der Waals surface area contributed by atoms with E-state index in [0.717, 1.165) is 31.1 Å². The minimum absolute atomic E-state index is 0.391. The van der Waals surface area contributed by atoms with Crippen LogP contribution in [0.4, 0.5) is 0 Å². The van der Waals surface area contributed by atoms with Crippen LogP contribution in [0.1, 0.15) is 30.5 Å². The van der Waals surface area contributed by atoms with E-state index in [2.05, 4.69) is 25.2 Å². The lowest BCUT2D eigenvalue weighted by Crippen LogP contribution is -2.27. The molecule has 0 saturated carbocycles. The number of ether oxygens (including phenoxy) is 2. The first-order chi connectivity index (χ1) is 7.76. The largest absolute Gasteiger partial charge is 0.493 e. The lowest BCUT2D eigenvalue weighted by molar-refractivity contribution is 0.240. The van der Waals surface area contributed by atoms with Gasteiger partial charge in [-0.1, -0.05) is 13.0 Å². The molecule has 0 bridgehead atoms. The summed E-state index contributed by atoms with van der Waals surface area (Å²) in [6.45, 7) is 5.94. The number of hydrogen-bond donors (Lipinski definition) is 1. The average molecular weight is 221 g/mol. The van der Waals surface area contributed by atoms with E-state index in [-0.39, 0.29) is 0 Å². The quantitative estimate of drug-likeness (QED) is 0.850. The Morgan fingerprint density at radius 2 is 2.31 bits per heavy atom. The molecule has 0 saturated heterocycles. The van der Waals surface area contributed by atoms with E-state index in [1.165, 1.54) is 11.1 Å². The van der Waals surface area contributed by atoms with Gasteiger partial charge in [-0.2, -0.15) is 0 Å². The zero-order valence-corrected chi connectivity index (χ0v) is 10.2. The monoisotopic (exact) mass is 221 g/mol. The topological polar surface area (TPSA) is 30.5 Å². The fourth-order valence-corrected chi connectivity index (χ4v) is 2.22. The summed E-state index contributed by atoms with van der Waals surface area (Å²) in [7, 11) is 1.69. The van der Waals surface area contributed by atoms with Crippen LogP contribution in [0.3, 0.4) is 0 Å². The van der Waals surface area contributed by atoms with Gasteiger partial charge in [0.25, 0.3) is 0 Å². The lowest BCUT2D eigenvalue weighted by atomic mass is 9.98. The summed E-state index contributed by atoms with van der Waals surface area (Å²) in [5, 5.41) is 3.48. The Bertz CT molecular complexity index is 376. The first-order valence-electron chi connectivity index (χ1n) is 5.81. The zero-order valence-electron chi connectivity index (χ0n) is 10.2. The van der Waals surface area contributed by atoms with Gasteiger partial charge in [-0.3, -0.25) is 0 Å². The van der Waals surface area contributed by atoms with Crippen LogP contribution in [0.2, 0.25) is 0 Å². The van der Waals surface area contributed by atoms with Gasteiger partial charge < -0.3 is 14.8 Å². The molecule has 0 radical (unpaired) electrons. The van der Waals surface area contributed by atoms with Crippen molar-refractivity contribution in [3.8, 4) is 11.5 Å². The van der Waals surface area contributed by atoms with E-state index in [4.69, 9.17) is 9.47 Å². The molecule has 16 heavy (non-hydrogen) atoms. The fourth-order valence-electron chi connectivity index (χ4n) is 2.22. The van der Waals surface area contributed by atoms with Gasteiger partial charge in [0.05, 0.1) is 13.7 Å². The number of nitrogens with one attached hydrogen (secondary N) is 1. The van der Waals surface area contributed by atoms with Gasteiger partial charge in [0.15, 0.2) is 11.5 Å². The third-order valence-corrected chi connectivity index (χ3v) is 2.93. The van der Waals surface area contributed by atoms with Crippen molar-refractivity contribution in [3.63, 3.8) is 0 Å². The second-order valence-corrected chi connectivity index (χ2v) is 4.13. The summed E-state index contributed by atoms with van der Waals surface area (Å²) in [6.07, 6.45) is 1.02. The Morgan fingerprint density at radius 3 is 3.00 bits per heavy atom. The Morgan fingerprint density at radius 1 is 1.50 bits per heavy atom. The highest BCUT2D eigenvalue weighted by atomic mass is 16.5. The van der Waals surface area contributed by atoms with E-state index in [9.17, 15) is 0 Å². The second kappa shape index (κ2) is 4.74. The minimum atomic E-state index is 0.391. The van der Waals surface area contributed by atoms with Crippen LogP contribution < -0.4 is 14.8 Å². The molecule has 0 fully saturated rings. The predicted molar refractivity (Wildman–Crippen MR) is 64.3 cm³/mol. The minimum Gasteiger partial charge on any atom is -0.493 e. The zero-order chi connectivity index (χ0) is 11.5. The second-order valence-electron chi connectivity index (χ2n) is 4.13. The van der Waals surface area contributed by atoms with Crippen LogP contribution in [0.15, 0.2) is 12.1 Å². The maximum atomic E-state index is 5.71. The summed E-state index contributed by atoms with van der Waals surface area (Å²) in [5.41, 5.74) is 2.44. The molecular formula is C13H19NO2. The first kappa shape index (κ1) is 11.3. The molecule has 0 amide bonds. The number of rotatable bonds is 3. The van der Waals surface area contributed by atoms with E-state index in [0.29, 0.717) is 6.04 Å². The molecule has 0 aliphatic carbocycles. The standard InChI is InChI=1S/C13H19NO2/c1-4-14-11-5-6-16-13-10(11)7-9(2)8-12(13)15-3/h7-8,11,14H,4-6H2,1-3H3. The SMILES string of the molecule is CCNC1CCOc2c(OC)cc(C)cc21. The summed E-state index contributed by atoms with van der Waals surface area (Å²) >= 11 is 0. The van der Waals surface area contributed by atoms with E-state index >= 15 is 0 Å². The average Bonchev–Trinajstić information content (AvgIpc) is 2.29. The van der Waals surface area contributed by atoms with Gasteiger partial charge in [0, 0.05) is 18.0 Å². The van der Waals surface area contributed by atoms with E-state index in [1.807, 2.05) is 6.07 Å². The van der Waals surface area contributed by atoms with Crippen LogP contribution in [0, 0.1) is 6.92 Å². The summed E-state index contributed by atoms with van der Waals surface area (Å²) in [6, 6.07) is 4.60. The highest BCUT2D eigenvalue weighted by Crippen LogP contribution is 2.40. The normalized spacial score (nSPS) is 18.8. The van der Waals surface area contributed by atoms with Gasteiger partial charge in [0.2, 0.25) is 0 Å². The van der Waals surface area contributed by atoms with Crippen molar-refractivity contribution >= 4 is 0 Å². The fraction of sp³-hybridized carbons (Fsp3) is 0.538. The number of benzene rings is 1. The summed E-state index contributed by atoms with van der Waals surface area (Å²) < 4.78 is 11.1. The lowest BCUT2D eigenvalue weighted by Gasteiger charge is -2.28. The summed E-state index contributed by atoms with van der Waals surface area (Å²) in [5.74, 6) is 1.75. The number of fused-ring (bicyclic) bond motifs is 1. The maximum Gasteiger partial charge on any atom is 0.165 e. The number of hydrogen-bond acceptors (Lipinski definition) is 3. The molecule has 88 valence electrons. The molecule has 0 aromatic heterocycles. The first-order valence-corrected chi connectivity index (χ1v) is 5.81. The molecule has 3 heteroatoms. The summed E-state index contributed by atoms with van der Waals surface area (Å²) in [4.78, 5) is 0. The van der Waals surface area contributed by atoms with Gasteiger partial charge in [-0.25, -0.2) is 0 Å². The van der Waals surface area contributed by atoms with Crippen LogP contribution in [-0.4, -0.2) is 20.3 Å². The Hall–Kier alpha value is -1.22. The Labute approximate surface area is 96.8 Å². The van der Waals surface area contributed by atoms with E-state index in [1.54, 1.807) is 7.11 Å². The third kappa shape index (κ3) is 2.00. The van der Waals surface area contributed by atoms with Crippen molar-refractivity contribution in [1.82, 2.24) is 5.32 Å². The smallest absolute Gasteiger partial charge is 0.165 e. The van der Waals surface area contributed by atoms with Gasteiger partial charge in [-0.05, 0) is 25.1 Å². The van der Waals surface area contributed by atoms with Gasteiger partial charge in [0.1, 0.15) is 0 Å². The van der Waals surface area contributed by atoms with Crippen molar-refractivity contribution in [2.24, 2.45) is 0 Å². The van der Waals surface area contributed by atoms with Crippen molar-refractivity contribution in [1.29, 1.82) is 0 Å². The third-order valence-electron chi connectivity index (χ3n) is 2.93. The van der Waals surface area contributed by atoms with Gasteiger partial charge in [-0.15, -0.1) is 0 Å². The molecule has 1 aliphatic heterocycles. The van der Waals surface area contributed by atoms with Crippen LogP contribution >= 0.6 is 0 Å².